The molecule has 188 valence electrons. The fourth-order valence-corrected chi connectivity index (χ4v) is 5.68. The van der Waals surface area contributed by atoms with Crippen LogP contribution < -0.4 is 4.90 Å². The second-order valence-electron chi connectivity index (χ2n) is 10.5. The maximum absolute atomic E-state index is 10.8. The highest BCUT2D eigenvalue weighted by molar-refractivity contribution is 6.08. The Labute approximate surface area is 228 Å². The summed E-state index contributed by atoms with van der Waals surface area (Å²) in [6, 6.07) is 37.1. The minimum atomic E-state index is -0.463. The number of hydrogen-bond donors (Lipinski definition) is 1. The molecule has 0 radical (unpaired) electrons. The molecular formula is C35H27N3O. The Morgan fingerprint density at radius 3 is 2.08 bits per heavy atom. The molecule has 0 saturated heterocycles. The summed E-state index contributed by atoms with van der Waals surface area (Å²) in [4.78, 5) is 6.77. The van der Waals surface area contributed by atoms with Gasteiger partial charge in [-0.3, -0.25) is 9.56 Å². The molecule has 2 aliphatic heterocycles. The van der Waals surface area contributed by atoms with Gasteiger partial charge in [-0.05, 0) is 77.6 Å². The first-order chi connectivity index (χ1) is 19.0. The number of hydrogen-bond acceptors (Lipinski definition) is 3. The zero-order chi connectivity index (χ0) is 26.6. The lowest BCUT2D eigenvalue weighted by atomic mass is 9.85. The average molecular weight is 506 g/mol. The second kappa shape index (κ2) is 8.81. The van der Waals surface area contributed by atoms with Crippen LogP contribution in [0.2, 0.25) is 0 Å². The van der Waals surface area contributed by atoms with Gasteiger partial charge in [0.05, 0.1) is 22.8 Å². The zero-order valence-corrected chi connectivity index (χ0v) is 21.8. The van der Waals surface area contributed by atoms with Crippen LogP contribution in [-0.4, -0.2) is 26.5 Å². The topological polar surface area (TPSA) is 39.4 Å². The lowest BCUT2D eigenvalue weighted by molar-refractivity contribution is -0.507. The zero-order valence-electron chi connectivity index (χ0n) is 21.8. The molecule has 0 bridgehead atoms. The van der Waals surface area contributed by atoms with Crippen molar-refractivity contribution in [3.05, 3.63) is 127 Å². The largest absolute Gasteiger partial charge is 0.513 e. The van der Waals surface area contributed by atoms with Gasteiger partial charge in [-0.15, -0.1) is 0 Å². The standard InChI is InChI=1S/C35H27N3O/c1-35(2)22-33-28-14-6-5-12-26(28)25-11-3-4-13-27(25)29-19-18-24(30-15-9-10-20-36-30)21-32(29)37(33)23-38(35)31-16-7-8-17-34(31)39/h3-22,39H,1-2H3. The van der Waals surface area contributed by atoms with Crippen molar-refractivity contribution in [2.45, 2.75) is 19.4 Å². The van der Waals surface area contributed by atoms with Crippen molar-refractivity contribution in [3.8, 4) is 39.3 Å². The minimum Gasteiger partial charge on any atom is -0.513 e. The van der Waals surface area contributed by atoms with Gasteiger partial charge >= 0.3 is 0 Å². The van der Waals surface area contributed by atoms with Gasteiger partial charge in [0, 0.05) is 6.20 Å². The molecule has 1 N–H and O–H groups in total. The number of fused-ring (bicyclic) bond motifs is 8. The molecule has 4 heteroatoms. The number of pyridine rings is 1. The number of phenols is 1. The molecule has 39 heavy (non-hydrogen) atoms. The Kier molecular flexibility index (Phi) is 5.24. The number of para-hydroxylation sites is 2. The summed E-state index contributed by atoms with van der Waals surface area (Å²) in [6.45, 7) is 4.30. The van der Waals surface area contributed by atoms with E-state index >= 15 is 0 Å². The van der Waals surface area contributed by atoms with Gasteiger partial charge in [-0.1, -0.05) is 84.9 Å². The number of rotatable bonds is 2. The van der Waals surface area contributed by atoms with E-state index in [4.69, 9.17) is 0 Å². The van der Waals surface area contributed by atoms with Crippen molar-refractivity contribution in [2.75, 3.05) is 4.90 Å². The predicted molar refractivity (Wildman–Crippen MR) is 158 cm³/mol. The first-order valence-electron chi connectivity index (χ1n) is 13.1. The fraction of sp³-hybridized carbons (Fsp3) is 0.0857. The number of anilines is 1. The molecular weight excluding hydrogens is 478 g/mol. The third-order valence-electron chi connectivity index (χ3n) is 7.54. The Bertz CT molecular complexity index is 1800. The molecule has 7 rings (SSSR count). The van der Waals surface area contributed by atoms with Crippen LogP contribution in [0.5, 0.6) is 5.75 Å². The second-order valence-corrected chi connectivity index (χ2v) is 10.5. The minimum absolute atomic E-state index is 0.218. The van der Waals surface area contributed by atoms with Crippen LogP contribution in [0, 0.1) is 0 Å². The molecule has 0 aliphatic carbocycles. The van der Waals surface area contributed by atoms with E-state index in [1.54, 1.807) is 6.07 Å². The van der Waals surface area contributed by atoms with Gasteiger partial charge in [0.25, 0.3) is 0 Å². The smallest absolute Gasteiger partial charge is 0.246 e. The Hall–Kier alpha value is -4.96. The molecule has 4 aromatic carbocycles. The van der Waals surface area contributed by atoms with Crippen LogP contribution in [0.3, 0.4) is 0 Å². The summed E-state index contributed by atoms with van der Waals surface area (Å²) in [5.41, 5.74) is 10.0. The van der Waals surface area contributed by atoms with E-state index in [2.05, 4.69) is 103 Å². The van der Waals surface area contributed by atoms with Crippen molar-refractivity contribution in [1.29, 1.82) is 0 Å². The van der Waals surface area contributed by atoms with E-state index in [1.165, 1.54) is 11.1 Å². The summed E-state index contributed by atoms with van der Waals surface area (Å²) in [5, 5.41) is 10.8. The summed E-state index contributed by atoms with van der Waals surface area (Å²) in [5.74, 6) is 0.218. The molecule has 0 atom stereocenters. The average Bonchev–Trinajstić information content (AvgIpc) is 2.97. The van der Waals surface area contributed by atoms with Gasteiger partial charge in [-0.2, -0.15) is 0 Å². The van der Waals surface area contributed by atoms with Crippen LogP contribution in [0.15, 0.2) is 121 Å². The molecule has 2 aliphatic rings. The maximum atomic E-state index is 10.8. The monoisotopic (exact) mass is 505 g/mol. The predicted octanol–water partition coefficient (Wildman–Crippen LogP) is 7.99. The molecule has 0 spiro atoms. The SMILES string of the molecule is CC1(C)C=C2c3ccccc3-c3ccccc3-c3ccc(-c4ccccn4)cc3N2[C-]=[N+]1c1ccccc1O. The van der Waals surface area contributed by atoms with Gasteiger partial charge in [0.1, 0.15) is 11.3 Å². The Morgan fingerprint density at radius 2 is 1.36 bits per heavy atom. The highest BCUT2D eigenvalue weighted by Gasteiger charge is 2.35. The van der Waals surface area contributed by atoms with E-state index in [0.29, 0.717) is 5.69 Å². The van der Waals surface area contributed by atoms with Crippen LogP contribution in [0.25, 0.3) is 39.2 Å². The molecule has 0 fully saturated rings. The first kappa shape index (κ1) is 23.2. The molecule has 1 aromatic heterocycles. The van der Waals surface area contributed by atoms with E-state index in [1.807, 2.05) is 47.2 Å². The van der Waals surface area contributed by atoms with Crippen LogP contribution >= 0.6 is 0 Å². The first-order valence-corrected chi connectivity index (χ1v) is 13.1. The van der Waals surface area contributed by atoms with Gasteiger partial charge in [0.15, 0.2) is 0 Å². The Balaban J connectivity index is 1.58. The third kappa shape index (κ3) is 3.76. The molecule has 3 heterocycles. The van der Waals surface area contributed by atoms with E-state index < -0.39 is 5.54 Å². The summed E-state index contributed by atoms with van der Waals surface area (Å²) in [7, 11) is 0. The lowest BCUT2D eigenvalue weighted by Gasteiger charge is -2.39. The van der Waals surface area contributed by atoms with Crippen molar-refractivity contribution in [3.63, 3.8) is 0 Å². The maximum Gasteiger partial charge on any atom is 0.246 e. The number of phenolic OH excluding ortho intramolecular Hbond substituents is 1. The molecule has 0 unspecified atom stereocenters. The molecule has 5 aromatic rings. The fourth-order valence-electron chi connectivity index (χ4n) is 5.68. The van der Waals surface area contributed by atoms with Crippen molar-refractivity contribution >= 4 is 23.4 Å². The van der Waals surface area contributed by atoms with Crippen LogP contribution in [0.1, 0.15) is 19.4 Å². The number of aromatic hydroxyl groups is 1. The van der Waals surface area contributed by atoms with E-state index in [9.17, 15) is 5.11 Å². The summed E-state index contributed by atoms with van der Waals surface area (Å²) < 4.78 is 2.03. The van der Waals surface area contributed by atoms with E-state index in [-0.39, 0.29) is 5.75 Å². The number of aromatic nitrogens is 1. The van der Waals surface area contributed by atoms with E-state index in [0.717, 1.165) is 39.3 Å². The Morgan fingerprint density at radius 1 is 0.718 bits per heavy atom. The lowest BCUT2D eigenvalue weighted by Crippen LogP contribution is -2.42. The van der Waals surface area contributed by atoms with Gasteiger partial charge < -0.3 is 10.0 Å². The molecule has 4 nitrogen and oxygen atoms in total. The highest BCUT2D eigenvalue weighted by atomic mass is 16.3. The number of nitrogens with zero attached hydrogens (tertiary/aromatic N) is 3. The van der Waals surface area contributed by atoms with Crippen LogP contribution in [-0.2, 0) is 0 Å². The van der Waals surface area contributed by atoms with Crippen molar-refractivity contribution < 1.29 is 9.68 Å². The quantitative estimate of drug-likeness (QED) is 0.195. The summed E-state index contributed by atoms with van der Waals surface area (Å²) >= 11 is 0. The van der Waals surface area contributed by atoms with Crippen molar-refractivity contribution in [2.24, 2.45) is 0 Å². The molecule has 0 amide bonds. The number of benzene rings is 4. The highest BCUT2D eigenvalue weighted by Crippen LogP contribution is 2.48. The third-order valence-corrected chi connectivity index (χ3v) is 7.54. The summed E-state index contributed by atoms with van der Waals surface area (Å²) in [6.07, 6.45) is 7.80. The van der Waals surface area contributed by atoms with Gasteiger partial charge in [-0.25, -0.2) is 0 Å². The normalized spacial score (nSPS) is 15.0. The van der Waals surface area contributed by atoms with Gasteiger partial charge in [0.2, 0.25) is 6.34 Å². The van der Waals surface area contributed by atoms with Crippen LogP contribution in [0.4, 0.5) is 11.4 Å². The molecule has 0 saturated carbocycles. The van der Waals surface area contributed by atoms with Crippen molar-refractivity contribution in [1.82, 2.24) is 4.98 Å².